The number of nitrogens with zero attached hydrogens (tertiary/aromatic N) is 6. The predicted octanol–water partition coefficient (Wildman–Crippen LogP) is 4.64. The van der Waals surface area contributed by atoms with Gasteiger partial charge in [0.25, 0.3) is 5.56 Å². The van der Waals surface area contributed by atoms with Gasteiger partial charge in [0.1, 0.15) is 28.7 Å². The minimum atomic E-state index is -0.538. The van der Waals surface area contributed by atoms with E-state index in [1.54, 1.807) is 37.0 Å². The van der Waals surface area contributed by atoms with Crippen molar-refractivity contribution in [3.63, 3.8) is 0 Å². The zero-order chi connectivity index (χ0) is 25.1. The third-order valence-corrected chi connectivity index (χ3v) is 6.75. The van der Waals surface area contributed by atoms with Crippen LogP contribution in [-0.2, 0) is 18.8 Å². The molecule has 0 spiro atoms. The van der Waals surface area contributed by atoms with E-state index >= 15 is 4.39 Å². The van der Waals surface area contributed by atoms with Gasteiger partial charge in [-0.05, 0) is 51.8 Å². The van der Waals surface area contributed by atoms with Crippen LogP contribution in [0.1, 0.15) is 55.9 Å². The fourth-order valence-corrected chi connectivity index (χ4v) is 4.90. The van der Waals surface area contributed by atoms with Crippen LogP contribution in [0.25, 0.3) is 22.3 Å². The first kappa shape index (κ1) is 23.6. The fraction of sp³-hybridized carbons (Fsp3) is 0.400. The van der Waals surface area contributed by atoms with Gasteiger partial charge in [0.15, 0.2) is 5.52 Å². The van der Waals surface area contributed by atoms with Gasteiger partial charge >= 0.3 is 0 Å². The van der Waals surface area contributed by atoms with Gasteiger partial charge in [-0.15, -0.1) is 0 Å². The number of rotatable bonds is 3. The zero-order valence-electron chi connectivity index (χ0n) is 20.2. The summed E-state index contributed by atoms with van der Waals surface area (Å²) in [5.41, 5.74) is 1.12. The first-order valence-corrected chi connectivity index (χ1v) is 11.8. The van der Waals surface area contributed by atoms with E-state index in [0.717, 1.165) is 5.56 Å². The molecule has 1 aromatic carbocycles. The van der Waals surface area contributed by atoms with Crippen LogP contribution < -0.4 is 5.56 Å². The second-order valence-corrected chi connectivity index (χ2v) is 10.2. The van der Waals surface area contributed by atoms with Crippen LogP contribution in [0, 0.1) is 12.7 Å². The third kappa shape index (κ3) is 4.34. The Balaban J connectivity index is 1.71. The van der Waals surface area contributed by atoms with E-state index in [-0.39, 0.29) is 44.9 Å². The Morgan fingerprint density at radius 1 is 1.17 bits per heavy atom. The maximum absolute atomic E-state index is 15.0. The maximum atomic E-state index is 15.0. The van der Waals surface area contributed by atoms with Crippen molar-refractivity contribution in [3.8, 4) is 11.3 Å². The molecule has 4 aromatic rings. The van der Waals surface area contributed by atoms with Gasteiger partial charge in [-0.2, -0.15) is 5.10 Å². The lowest BCUT2D eigenvalue weighted by Crippen LogP contribution is -2.35. The molecule has 182 valence electrons. The molecule has 2 atom stereocenters. The molecule has 0 radical (unpaired) electrons. The van der Waals surface area contributed by atoms with Crippen LogP contribution in [0.4, 0.5) is 4.39 Å². The minimum Gasteiger partial charge on any atom is -0.367 e. The molecule has 0 amide bonds. The molecule has 10 heteroatoms. The molecule has 4 heterocycles. The summed E-state index contributed by atoms with van der Waals surface area (Å²) in [6.45, 7) is 5.76. The number of benzene rings is 1. The Morgan fingerprint density at radius 3 is 2.63 bits per heavy atom. The molecule has 1 saturated heterocycles. The van der Waals surface area contributed by atoms with Crippen LogP contribution in [0.3, 0.4) is 0 Å². The highest BCUT2D eigenvalue weighted by Crippen LogP contribution is 2.44. The van der Waals surface area contributed by atoms with Crippen molar-refractivity contribution in [1.82, 2.24) is 29.3 Å². The molecule has 0 N–H and O–H groups in total. The molecule has 8 nitrogen and oxygen atoms in total. The van der Waals surface area contributed by atoms with E-state index in [9.17, 15) is 4.79 Å². The van der Waals surface area contributed by atoms with E-state index in [1.807, 2.05) is 27.1 Å². The second kappa shape index (κ2) is 8.49. The average Bonchev–Trinajstić information content (AvgIpc) is 3.23. The van der Waals surface area contributed by atoms with Gasteiger partial charge < -0.3 is 4.74 Å². The van der Waals surface area contributed by atoms with Crippen LogP contribution in [0.5, 0.6) is 0 Å². The van der Waals surface area contributed by atoms with E-state index in [1.165, 1.54) is 10.6 Å². The molecular formula is C25H26ClFN6O2. The van der Waals surface area contributed by atoms with Crippen LogP contribution in [-0.4, -0.2) is 34.9 Å². The molecule has 1 fully saturated rings. The van der Waals surface area contributed by atoms with E-state index < -0.39 is 11.4 Å². The molecule has 1 aliphatic rings. The summed E-state index contributed by atoms with van der Waals surface area (Å²) >= 11 is 5.99. The largest absolute Gasteiger partial charge is 0.367 e. The molecule has 0 saturated carbocycles. The topological polar surface area (TPSA) is 87.7 Å². The molecule has 0 aliphatic carbocycles. The number of hydrogen-bond donors (Lipinski definition) is 0. The van der Waals surface area contributed by atoms with E-state index in [0.29, 0.717) is 24.5 Å². The monoisotopic (exact) mass is 496 g/mol. The number of aromatic nitrogens is 6. The summed E-state index contributed by atoms with van der Waals surface area (Å²) in [7, 11) is 3.50. The van der Waals surface area contributed by atoms with Crippen molar-refractivity contribution in [1.29, 1.82) is 0 Å². The zero-order valence-corrected chi connectivity index (χ0v) is 21.0. The van der Waals surface area contributed by atoms with Gasteiger partial charge in [0.05, 0.1) is 17.9 Å². The van der Waals surface area contributed by atoms with E-state index in [4.69, 9.17) is 26.3 Å². The Bertz CT molecular complexity index is 1510. The summed E-state index contributed by atoms with van der Waals surface area (Å²) in [5, 5.41) is 4.55. The van der Waals surface area contributed by atoms with Crippen molar-refractivity contribution < 1.29 is 9.13 Å². The molecular weight excluding hydrogens is 471 g/mol. The predicted molar refractivity (Wildman–Crippen MR) is 131 cm³/mol. The van der Waals surface area contributed by atoms with Crippen molar-refractivity contribution in [2.24, 2.45) is 14.1 Å². The van der Waals surface area contributed by atoms with E-state index in [2.05, 4.69) is 10.1 Å². The molecule has 35 heavy (non-hydrogen) atoms. The fourth-order valence-electron chi connectivity index (χ4n) is 4.75. The lowest BCUT2D eigenvalue weighted by Gasteiger charge is -2.40. The summed E-state index contributed by atoms with van der Waals surface area (Å²) in [6.07, 6.45) is 4.74. The van der Waals surface area contributed by atoms with Gasteiger partial charge in [-0.1, -0.05) is 11.6 Å². The van der Waals surface area contributed by atoms with Gasteiger partial charge in [0, 0.05) is 42.4 Å². The number of fused-ring (bicyclic) bond motifs is 1. The number of aryl methyl sites for hydroxylation is 2. The highest BCUT2D eigenvalue weighted by atomic mass is 35.5. The molecule has 0 unspecified atom stereocenters. The summed E-state index contributed by atoms with van der Waals surface area (Å²) in [6, 6.07) is 4.38. The average molecular weight is 497 g/mol. The Labute approximate surface area is 206 Å². The first-order valence-electron chi connectivity index (χ1n) is 11.4. The first-order chi connectivity index (χ1) is 16.5. The smallest absolute Gasteiger partial charge is 0.279 e. The van der Waals surface area contributed by atoms with Gasteiger partial charge in [-0.3, -0.25) is 14.0 Å². The Hall–Kier alpha value is -3.17. The van der Waals surface area contributed by atoms with Crippen LogP contribution >= 0.6 is 11.6 Å². The van der Waals surface area contributed by atoms with Crippen molar-refractivity contribution in [2.75, 3.05) is 0 Å². The third-order valence-electron chi connectivity index (χ3n) is 6.51. The normalized spacial score (nSPS) is 19.9. The van der Waals surface area contributed by atoms with Crippen molar-refractivity contribution >= 4 is 22.6 Å². The maximum Gasteiger partial charge on any atom is 0.279 e. The summed E-state index contributed by atoms with van der Waals surface area (Å²) < 4.78 is 24.6. The number of ether oxygens (including phenoxy) is 1. The Kier molecular flexibility index (Phi) is 5.72. The number of hydrogen-bond acceptors (Lipinski definition) is 6. The summed E-state index contributed by atoms with van der Waals surface area (Å²) in [4.78, 5) is 27.3. The van der Waals surface area contributed by atoms with Gasteiger partial charge in [0.2, 0.25) is 0 Å². The van der Waals surface area contributed by atoms with Crippen LogP contribution in [0.15, 0.2) is 35.4 Å². The van der Waals surface area contributed by atoms with Gasteiger partial charge in [-0.25, -0.2) is 19.3 Å². The van der Waals surface area contributed by atoms with Crippen molar-refractivity contribution in [3.05, 3.63) is 69.0 Å². The molecule has 1 aliphatic heterocycles. The lowest BCUT2D eigenvalue weighted by molar-refractivity contribution is -0.117. The minimum absolute atomic E-state index is 0.131. The highest BCUT2D eigenvalue weighted by molar-refractivity contribution is 6.30. The molecule has 0 bridgehead atoms. The lowest BCUT2D eigenvalue weighted by atomic mass is 9.83. The highest BCUT2D eigenvalue weighted by Gasteiger charge is 2.38. The Morgan fingerprint density at radius 2 is 1.94 bits per heavy atom. The molecule has 3 aromatic heterocycles. The quantitative estimate of drug-likeness (QED) is 0.410. The van der Waals surface area contributed by atoms with Crippen LogP contribution in [0.2, 0.25) is 5.02 Å². The standard InChI is InChI=1S/C25H26ClFN6O2/c1-13-29-21-20(17-7-6-16(26)9-18(17)27)30-23(31-22(21)24(34)33(13)5)14-8-19(35-25(2,3)10-14)15-11-28-32(4)12-15/h6-7,9,11-12,14,19H,8,10H2,1-5H3/t14-,19-/m1/s1. The SMILES string of the molecule is Cc1nc2c(-c3ccc(Cl)cc3F)nc([C@@H]3C[C@H](c4cnn(C)c4)OC(C)(C)C3)nc2c(=O)n1C. The second-order valence-electron chi connectivity index (χ2n) is 9.73. The summed E-state index contributed by atoms with van der Waals surface area (Å²) in [5.74, 6) is 0.283. The molecule has 5 rings (SSSR count). The number of halogens is 2. The van der Waals surface area contributed by atoms with Crippen molar-refractivity contribution in [2.45, 2.75) is 51.2 Å².